The Kier molecular flexibility index (Phi) is 5.71. The lowest BCUT2D eigenvalue weighted by Gasteiger charge is -2.37. The molecule has 1 aliphatic rings. The third-order valence-corrected chi connectivity index (χ3v) is 5.05. The van der Waals surface area contributed by atoms with E-state index in [9.17, 15) is 0 Å². The van der Waals surface area contributed by atoms with E-state index in [-0.39, 0.29) is 0 Å². The molecule has 2 unspecified atom stereocenters. The van der Waals surface area contributed by atoms with Crippen LogP contribution in [-0.2, 0) is 11.3 Å². The van der Waals surface area contributed by atoms with Gasteiger partial charge in [-0.05, 0) is 49.5 Å². The Morgan fingerprint density at radius 1 is 1.09 bits per heavy atom. The lowest BCUT2D eigenvalue weighted by atomic mass is 9.88. The van der Waals surface area contributed by atoms with Gasteiger partial charge in [-0.15, -0.1) is 0 Å². The molecule has 122 valence electrons. The summed E-state index contributed by atoms with van der Waals surface area (Å²) in [5, 5.41) is 0.871. The smallest absolute Gasteiger partial charge is 0.0717 e. The van der Waals surface area contributed by atoms with Crippen molar-refractivity contribution in [2.75, 3.05) is 20.2 Å². The zero-order valence-corrected chi connectivity index (χ0v) is 14.4. The first kappa shape index (κ1) is 16.5. The van der Waals surface area contributed by atoms with Gasteiger partial charge >= 0.3 is 0 Å². The average molecular weight is 330 g/mol. The van der Waals surface area contributed by atoms with Gasteiger partial charge in [0.15, 0.2) is 0 Å². The molecule has 3 rings (SSSR count). The Labute approximate surface area is 144 Å². The van der Waals surface area contributed by atoms with E-state index in [2.05, 4.69) is 48.3 Å². The number of rotatable bonds is 5. The molecule has 3 heteroatoms. The minimum atomic E-state index is 0.391. The topological polar surface area (TPSA) is 12.5 Å². The summed E-state index contributed by atoms with van der Waals surface area (Å²) in [5.41, 5.74) is 2.48. The van der Waals surface area contributed by atoms with Crippen molar-refractivity contribution >= 4 is 11.6 Å². The van der Waals surface area contributed by atoms with Crippen LogP contribution in [0.15, 0.2) is 54.6 Å². The molecule has 0 bridgehead atoms. The second kappa shape index (κ2) is 7.96. The van der Waals surface area contributed by atoms with Gasteiger partial charge in [-0.3, -0.25) is 4.90 Å². The van der Waals surface area contributed by atoms with Crippen molar-refractivity contribution in [3.8, 4) is 0 Å². The Morgan fingerprint density at radius 3 is 2.61 bits per heavy atom. The van der Waals surface area contributed by atoms with Gasteiger partial charge < -0.3 is 4.74 Å². The van der Waals surface area contributed by atoms with E-state index in [1.54, 1.807) is 0 Å². The standard InChI is InChI=1S/C20H24ClNO/c1-22-12-11-17(15-23-14-16-7-3-2-4-8-16)13-20(22)18-9-5-6-10-19(18)21/h2-10,17,20H,11-15H2,1H3. The SMILES string of the molecule is CN1CCC(COCc2ccccc2)CC1c1ccccc1Cl. The molecule has 2 aromatic carbocycles. The summed E-state index contributed by atoms with van der Waals surface area (Å²) in [6.45, 7) is 2.61. The van der Waals surface area contributed by atoms with Crippen LogP contribution in [0.2, 0.25) is 5.02 Å². The lowest BCUT2D eigenvalue weighted by molar-refractivity contribution is 0.0435. The normalized spacial score (nSPS) is 22.2. The number of likely N-dealkylation sites (tertiary alicyclic amines) is 1. The molecule has 2 aromatic rings. The Bertz CT molecular complexity index is 616. The van der Waals surface area contributed by atoms with Crippen molar-refractivity contribution in [2.45, 2.75) is 25.5 Å². The van der Waals surface area contributed by atoms with Crippen LogP contribution in [-0.4, -0.2) is 25.1 Å². The highest BCUT2D eigenvalue weighted by atomic mass is 35.5. The van der Waals surface area contributed by atoms with E-state index in [0.29, 0.717) is 18.6 Å². The van der Waals surface area contributed by atoms with Crippen molar-refractivity contribution < 1.29 is 4.74 Å². The first-order chi connectivity index (χ1) is 11.2. The number of halogens is 1. The first-order valence-electron chi connectivity index (χ1n) is 8.30. The van der Waals surface area contributed by atoms with Crippen LogP contribution in [0.5, 0.6) is 0 Å². The van der Waals surface area contributed by atoms with Crippen LogP contribution in [0, 0.1) is 5.92 Å². The fourth-order valence-electron chi connectivity index (χ4n) is 3.33. The van der Waals surface area contributed by atoms with Gasteiger partial charge in [-0.1, -0.05) is 60.1 Å². The Morgan fingerprint density at radius 2 is 1.83 bits per heavy atom. The summed E-state index contributed by atoms with van der Waals surface area (Å²) in [4.78, 5) is 2.41. The number of ether oxygens (including phenoxy) is 1. The van der Waals surface area contributed by atoms with E-state index in [1.165, 1.54) is 17.5 Å². The van der Waals surface area contributed by atoms with Crippen molar-refractivity contribution in [1.29, 1.82) is 0 Å². The van der Waals surface area contributed by atoms with Gasteiger partial charge in [0.2, 0.25) is 0 Å². The molecule has 0 aliphatic carbocycles. The number of hydrogen-bond acceptors (Lipinski definition) is 2. The molecule has 2 nitrogen and oxygen atoms in total. The molecule has 0 saturated carbocycles. The van der Waals surface area contributed by atoms with Crippen LogP contribution in [0.4, 0.5) is 0 Å². The molecule has 0 radical (unpaired) electrons. The van der Waals surface area contributed by atoms with Crippen LogP contribution in [0.25, 0.3) is 0 Å². The van der Waals surface area contributed by atoms with Gasteiger partial charge in [-0.25, -0.2) is 0 Å². The molecular formula is C20H24ClNO. The van der Waals surface area contributed by atoms with Crippen LogP contribution in [0.1, 0.15) is 30.0 Å². The molecule has 0 aromatic heterocycles. The Hall–Kier alpha value is -1.35. The minimum Gasteiger partial charge on any atom is -0.376 e. The molecule has 0 spiro atoms. The summed E-state index contributed by atoms with van der Waals surface area (Å²) in [5.74, 6) is 0.594. The van der Waals surface area contributed by atoms with Crippen molar-refractivity contribution in [2.24, 2.45) is 5.92 Å². The van der Waals surface area contributed by atoms with Crippen molar-refractivity contribution in [3.63, 3.8) is 0 Å². The highest BCUT2D eigenvalue weighted by molar-refractivity contribution is 6.31. The highest BCUT2D eigenvalue weighted by Gasteiger charge is 2.28. The van der Waals surface area contributed by atoms with Gasteiger partial charge in [0.05, 0.1) is 6.61 Å². The number of benzene rings is 2. The molecular weight excluding hydrogens is 306 g/mol. The zero-order valence-electron chi connectivity index (χ0n) is 13.6. The van der Waals surface area contributed by atoms with Crippen molar-refractivity contribution in [1.82, 2.24) is 4.90 Å². The summed E-state index contributed by atoms with van der Waals surface area (Å²) in [7, 11) is 2.19. The predicted molar refractivity (Wildman–Crippen MR) is 95.6 cm³/mol. The molecule has 1 saturated heterocycles. The Balaban J connectivity index is 1.56. The van der Waals surface area contributed by atoms with Gasteiger partial charge in [0.1, 0.15) is 0 Å². The second-order valence-corrected chi connectivity index (χ2v) is 6.82. The van der Waals surface area contributed by atoms with Crippen LogP contribution in [0.3, 0.4) is 0 Å². The molecule has 0 N–H and O–H groups in total. The summed E-state index contributed by atoms with van der Waals surface area (Å²) in [6, 6.07) is 19.0. The molecule has 2 atom stereocenters. The van der Waals surface area contributed by atoms with Crippen LogP contribution < -0.4 is 0 Å². The quantitative estimate of drug-likeness (QED) is 0.770. The monoisotopic (exact) mass is 329 g/mol. The lowest BCUT2D eigenvalue weighted by Crippen LogP contribution is -2.35. The first-order valence-corrected chi connectivity index (χ1v) is 8.68. The fourth-order valence-corrected chi connectivity index (χ4v) is 3.60. The van der Waals surface area contributed by atoms with Gasteiger partial charge in [-0.2, -0.15) is 0 Å². The largest absolute Gasteiger partial charge is 0.376 e. The summed E-state index contributed by atoms with van der Waals surface area (Å²) < 4.78 is 5.96. The average Bonchev–Trinajstić information content (AvgIpc) is 2.58. The van der Waals surface area contributed by atoms with E-state index in [4.69, 9.17) is 16.3 Å². The molecule has 1 aliphatic heterocycles. The third kappa shape index (κ3) is 4.35. The van der Waals surface area contributed by atoms with Crippen molar-refractivity contribution in [3.05, 3.63) is 70.7 Å². The zero-order chi connectivity index (χ0) is 16.1. The fraction of sp³-hybridized carbons (Fsp3) is 0.400. The minimum absolute atomic E-state index is 0.391. The van der Waals surface area contributed by atoms with E-state index in [0.717, 1.165) is 24.6 Å². The van der Waals surface area contributed by atoms with E-state index in [1.807, 2.05) is 18.2 Å². The summed E-state index contributed by atoms with van der Waals surface area (Å²) in [6.07, 6.45) is 2.29. The third-order valence-electron chi connectivity index (χ3n) is 4.71. The number of hydrogen-bond donors (Lipinski definition) is 0. The second-order valence-electron chi connectivity index (χ2n) is 6.41. The van der Waals surface area contributed by atoms with Gasteiger partial charge in [0.25, 0.3) is 0 Å². The molecule has 23 heavy (non-hydrogen) atoms. The highest BCUT2D eigenvalue weighted by Crippen LogP contribution is 2.36. The van der Waals surface area contributed by atoms with E-state index < -0.39 is 0 Å². The molecule has 0 amide bonds. The predicted octanol–water partition coefficient (Wildman–Crippen LogP) is 4.94. The van der Waals surface area contributed by atoms with Gasteiger partial charge in [0, 0.05) is 17.7 Å². The van der Waals surface area contributed by atoms with E-state index >= 15 is 0 Å². The maximum Gasteiger partial charge on any atom is 0.0717 e. The number of nitrogens with zero attached hydrogens (tertiary/aromatic N) is 1. The summed E-state index contributed by atoms with van der Waals surface area (Å²) >= 11 is 6.40. The number of piperidine rings is 1. The van der Waals surface area contributed by atoms with Crippen LogP contribution >= 0.6 is 11.6 Å². The molecule has 1 fully saturated rings. The maximum absolute atomic E-state index is 6.40. The molecule has 1 heterocycles. The maximum atomic E-state index is 6.40.